The molecule has 1 saturated heterocycles. The van der Waals surface area contributed by atoms with E-state index < -0.39 is 0 Å². The molecule has 0 bridgehead atoms. The van der Waals surface area contributed by atoms with E-state index in [1.54, 1.807) is 6.07 Å². The lowest BCUT2D eigenvalue weighted by Gasteiger charge is -2.45. The summed E-state index contributed by atoms with van der Waals surface area (Å²) in [5, 5.41) is 1.16. The summed E-state index contributed by atoms with van der Waals surface area (Å²) < 4.78 is 0. The maximum absolute atomic E-state index is 6.30. The van der Waals surface area contributed by atoms with E-state index in [9.17, 15) is 0 Å². The molecule has 1 atom stereocenters. The number of halogens is 2. The third kappa shape index (κ3) is 4.11. The maximum Gasteiger partial charge on any atom is 0.0640 e. The van der Waals surface area contributed by atoms with E-state index in [1.807, 2.05) is 12.1 Å². The lowest BCUT2D eigenvalue weighted by Crippen LogP contribution is -2.57. The maximum atomic E-state index is 6.30. The van der Waals surface area contributed by atoms with Gasteiger partial charge in [0.25, 0.3) is 0 Å². The Labute approximate surface area is 138 Å². The number of piperazine rings is 1. The van der Waals surface area contributed by atoms with E-state index >= 15 is 0 Å². The quantitative estimate of drug-likeness (QED) is 0.918. The van der Waals surface area contributed by atoms with Crippen LogP contribution in [0.25, 0.3) is 0 Å². The predicted octanol–water partition coefficient (Wildman–Crippen LogP) is 3.41. The third-order valence-corrected chi connectivity index (χ3v) is 5.37. The van der Waals surface area contributed by atoms with Gasteiger partial charge in [0.15, 0.2) is 0 Å². The molecule has 5 heteroatoms. The average Bonchev–Trinajstić information content (AvgIpc) is 2.42. The first-order chi connectivity index (χ1) is 9.81. The second kappa shape index (κ2) is 6.84. The number of likely N-dealkylation sites (N-methyl/N-ethyl adjacent to an activating group) is 1. The first kappa shape index (κ1) is 17.0. The molecule has 1 fully saturated rings. The van der Waals surface area contributed by atoms with E-state index in [2.05, 4.69) is 30.7 Å². The highest BCUT2D eigenvalue weighted by Gasteiger charge is 2.30. The summed E-state index contributed by atoms with van der Waals surface area (Å²) in [6, 6.07) is 5.59. The van der Waals surface area contributed by atoms with E-state index in [0.717, 1.165) is 38.2 Å². The van der Waals surface area contributed by atoms with Gasteiger partial charge < -0.3 is 10.6 Å². The Bertz CT molecular complexity index is 490. The molecule has 0 aromatic heterocycles. The molecule has 3 nitrogen and oxygen atoms in total. The Kier molecular flexibility index (Phi) is 5.55. The van der Waals surface area contributed by atoms with Crippen LogP contribution < -0.4 is 5.73 Å². The van der Waals surface area contributed by atoms with Gasteiger partial charge in [-0.3, -0.25) is 4.90 Å². The molecule has 0 spiro atoms. The van der Waals surface area contributed by atoms with Crippen molar-refractivity contribution in [2.75, 3.05) is 33.2 Å². The molecule has 21 heavy (non-hydrogen) atoms. The van der Waals surface area contributed by atoms with Gasteiger partial charge in [-0.25, -0.2) is 0 Å². The number of nitrogens with two attached hydrogens (primary N) is 1. The molecule has 0 amide bonds. The van der Waals surface area contributed by atoms with Crippen LogP contribution in [-0.4, -0.2) is 48.6 Å². The zero-order chi connectivity index (χ0) is 15.6. The average molecular weight is 330 g/mol. The van der Waals surface area contributed by atoms with Crippen LogP contribution in [0.5, 0.6) is 0 Å². The minimum absolute atomic E-state index is 0.0704. The number of rotatable bonds is 4. The van der Waals surface area contributed by atoms with Crippen LogP contribution in [0.1, 0.15) is 31.9 Å². The van der Waals surface area contributed by atoms with Crippen LogP contribution in [0.2, 0.25) is 10.0 Å². The molecule has 118 valence electrons. The van der Waals surface area contributed by atoms with Gasteiger partial charge in [-0.05, 0) is 38.9 Å². The van der Waals surface area contributed by atoms with E-state index in [-0.39, 0.29) is 11.6 Å². The van der Waals surface area contributed by atoms with Crippen molar-refractivity contribution in [2.24, 2.45) is 5.73 Å². The van der Waals surface area contributed by atoms with Gasteiger partial charge in [0, 0.05) is 37.8 Å². The number of hydrogen-bond donors (Lipinski definition) is 1. The van der Waals surface area contributed by atoms with E-state index in [1.165, 1.54) is 0 Å². The van der Waals surface area contributed by atoms with Gasteiger partial charge in [-0.15, -0.1) is 0 Å². The monoisotopic (exact) mass is 329 g/mol. The predicted molar refractivity (Wildman–Crippen MR) is 91.2 cm³/mol. The number of benzene rings is 1. The second-order valence-electron chi connectivity index (χ2n) is 6.55. The zero-order valence-electron chi connectivity index (χ0n) is 13.1. The first-order valence-electron chi connectivity index (χ1n) is 7.44. The van der Waals surface area contributed by atoms with Gasteiger partial charge in [0.1, 0.15) is 0 Å². The standard InChI is InChI=1S/C16H25Cl2N3/c1-16(2)11-21(10-9-20(16)3)8-7-14(19)12-5-4-6-13(17)15(12)18/h4-6,14H,7-11,19H2,1-3H3. The largest absolute Gasteiger partial charge is 0.324 e. The van der Waals surface area contributed by atoms with Crippen LogP contribution in [-0.2, 0) is 0 Å². The molecular weight excluding hydrogens is 305 g/mol. The Hall–Kier alpha value is -0.320. The number of hydrogen-bond acceptors (Lipinski definition) is 3. The van der Waals surface area contributed by atoms with E-state index in [4.69, 9.17) is 28.9 Å². The highest BCUT2D eigenvalue weighted by atomic mass is 35.5. The molecule has 1 aliphatic rings. The Morgan fingerprint density at radius 3 is 2.67 bits per heavy atom. The summed E-state index contributed by atoms with van der Waals surface area (Å²) >= 11 is 12.3. The third-order valence-electron chi connectivity index (χ3n) is 4.53. The van der Waals surface area contributed by atoms with Gasteiger partial charge in [0.2, 0.25) is 0 Å². The smallest absolute Gasteiger partial charge is 0.0640 e. The summed E-state index contributed by atoms with van der Waals surface area (Å²) in [5.41, 5.74) is 7.46. The summed E-state index contributed by atoms with van der Waals surface area (Å²) in [7, 11) is 2.19. The van der Waals surface area contributed by atoms with Gasteiger partial charge >= 0.3 is 0 Å². The molecule has 1 aliphatic heterocycles. The summed E-state index contributed by atoms with van der Waals surface area (Å²) in [5.74, 6) is 0. The van der Waals surface area contributed by atoms with Crippen molar-refractivity contribution in [2.45, 2.75) is 31.8 Å². The fourth-order valence-corrected chi connectivity index (χ4v) is 3.26. The molecule has 1 aromatic carbocycles. The van der Waals surface area contributed by atoms with Crippen LogP contribution in [0.3, 0.4) is 0 Å². The SMILES string of the molecule is CN1CCN(CCC(N)c2cccc(Cl)c2Cl)CC1(C)C. The van der Waals surface area contributed by atoms with Crippen molar-refractivity contribution in [3.8, 4) is 0 Å². The van der Waals surface area contributed by atoms with Gasteiger partial charge in [0.05, 0.1) is 10.0 Å². The molecule has 0 radical (unpaired) electrons. The minimum atomic E-state index is -0.0704. The molecule has 1 aromatic rings. The lowest BCUT2D eigenvalue weighted by molar-refractivity contribution is 0.0387. The van der Waals surface area contributed by atoms with Crippen LogP contribution >= 0.6 is 23.2 Å². The summed E-state index contributed by atoms with van der Waals surface area (Å²) in [4.78, 5) is 4.90. The van der Waals surface area contributed by atoms with E-state index in [0.29, 0.717) is 10.0 Å². The van der Waals surface area contributed by atoms with Crippen molar-refractivity contribution in [1.29, 1.82) is 0 Å². The van der Waals surface area contributed by atoms with Crippen molar-refractivity contribution in [3.63, 3.8) is 0 Å². The minimum Gasteiger partial charge on any atom is -0.324 e. The van der Waals surface area contributed by atoms with Crippen molar-refractivity contribution in [1.82, 2.24) is 9.80 Å². The molecule has 0 saturated carbocycles. The Morgan fingerprint density at radius 1 is 1.29 bits per heavy atom. The van der Waals surface area contributed by atoms with Gasteiger partial charge in [-0.1, -0.05) is 35.3 Å². The molecule has 1 heterocycles. The molecule has 1 unspecified atom stereocenters. The Balaban J connectivity index is 1.93. The van der Waals surface area contributed by atoms with Crippen molar-refractivity contribution >= 4 is 23.2 Å². The molecular formula is C16H25Cl2N3. The van der Waals surface area contributed by atoms with Crippen molar-refractivity contribution in [3.05, 3.63) is 33.8 Å². The fourth-order valence-electron chi connectivity index (χ4n) is 2.82. The summed E-state index contributed by atoms with van der Waals surface area (Å²) in [6.07, 6.45) is 0.889. The highest BCUT2D eigenvalue weighted by Crippen LogP contribution is 2.30. The van der Waals surface area contributed by atoms with Gasteiger partial charge in [-0.2, -0.15) is 0 Å². The number of nitrogens with zero attached hydrogens (tertiary/aromatic N) is 2. The topological polar surface area (TPSA) is 32.5 Å². The second-order valence-corrected chi connectivity index (χ2v) is 7.33. The fraction of sp³-hybridized carbons (Fsp3) is 0.625. The van der Waals surface area contributed by atoms with Crippen LogP contribution in [0.15, 0.2) is 18.2 Å². The van der Waals surface area contributed by atoms with Crippen LogP contribution in [0, 0.1) is 0 Å². The zero-order valence-corrected chi connectivity index (χ0v) is 14.6. The molecule has 2 N–H and O–H groups in total. The summed E-state index contributed by atoms with van der Waals surface area (Å²) in [6.45, 7) is 8.82. The first-order valence-corrected chi connectivity index (χ1v) is 8.20. The Morgan fingerprint density at radius 2 is 2.00 bits per heavy atom. The normalized spacial score (nSPS) is 21.4. The van der Waals surface area contributed by atoms with Crippen molar-refractivity contribution < 1.29 is 0 Å². The molecule has 2 rings (SSSR count). The lowest BCUT2D eigenvalue weighted by atomic mass is 9.98. The highest BCUT2D eigenvalue weighted by molar-refractivity contribution is 6.42. The molecule has 0 aliphatic carbocycles. The van der Waals surface area contributed by atoms with Crippen LogP contribution in [0.4, 0.5) is 0 Å².